The zero-order chi connectivity index (χ0) is 17.7. The first-order valence-corrected chi connectivity index (χ1v) is 8.74. The summed E-state index contributed by atoms with van der Waals surface area (Å²) in [7, 11) is 1.54. The lowest BCUT2D eigenvalue weighted by Crippen LogP contribution is -2.14. The van der Waals surface area contributed by atoms with Crippen molar-refractivity contribution >= 4 is 0 Å². The molecule has 0 radical (unpaired) electrons. The summed E-state index contributed by atoms with van der Waals surface area (Å²) >= 11 is 0. The van der Waals surface area contributed by atoms with Gasteiger partial charge in [0.15, 0.2) is 23.0 Å². The van der Waals surface area contributed by atoms with E-state index in [0.29, 0.717) is 19.0 Å². The highest BCUT2D eigenvalue weighted by molar-refractivity contribution is 5.46. The van der Waals surface area contributed by atoms with Crippen molar-refractivity contribution in [3.05, 3.63) is 47.5 Å². The highest BCUT2D eigenvalue weighted by Gasteiger charge is 2.48. The van der Waals surface area contributed by atoms with E-state index in [1.165, 1.54) is 7.11 Å². The van der Waals surface area contributed by atoms with Gasteiger partial charge in [0.1, 0.15) is 0 Å². The fraction of sp³-hybridized carbons (Fsp3) is 0.400. The van der Waals surface area contributed by atoms with Gasteiger partial charge in [-0.15, -0.1) is 0 Å². The molecule has 5 rings (SSSR count). The van der Waals surface area contributed by atoms with Crippen LogP contribution in [0.1, 0.15) is 23.3 Å². The second-order valence-corrected chi connectivity index (χ2v) is 6.88. The Hall–Kier alpha value is -2.44. The van der Waals surface area contributed by atoms with Crippen LogP contribution in [0.3, 0.4) is 0 Å². The van der Waals surface area contributed by atoms with Gasteiger partial charge in [-0.1, -0.05) is 12.1 Å². The van der Waals surface area contributed by atoms with Crippen molar-refractivity contribution in [2.75, 3.05) is 27.1 Å². The number of fused-ring (bicyclic) bond motifs is 2. The van der Waals surface area contributed by atoms with Gasteiger partial charge in [0.25, 0.3) is 0 Å². The third-order valence-corrected chi connectivity index (χ3v) is 5.52. The second-order valence-electron chi connectivity index (χ2n) is 6.88. The number of phenolic OH excluding ortho intramolecular Hbond substituents is 1. The summed E-state index contributed by atoms with van der Waals surface area (Å²) in [6, 6.07) is 11.4. The number of methoxy groups -OCH3 is 1. The molecule has 0 saturated carbocycles. The Morgan fingerprint density at radius 1 is 0.885 bits per heavy atom. The summed E-state index contributed by atoms with van der Waals surface area (Å²) < 4.78 is 28.2. The molecule has 3 aliphatic heterocycles. The van der Waals surface area contributed by atoms with Crippen LogP contribution in [-0.4, -0.2) is 32.2 Å². The molecule has 0 aliphatic carbocycles. The van der Waals surface area contributed by atoms with E-state index < -0.39 is 0 Å². The Balaban J connectivity index is 1.39. The Bertz CT molecular complexity index is 835. The van der Waals surface area contributed by atoms with E-state index in [4.69, 9.17) is 23.7 Å². The van der Waals surface area contributed by atoms with Crippen LogP contribution in [0.5, 0.6) is 23.0 Å². The first kappa shape index (κ1) is 15.8. The molecule has 136 valence electrons. The number of hydrogen-bond acceptors (Lipinski definition) is 6. The fourth-order valence-corrected chi connectivity index (χ4v) is 4.21. The Kier molecular flexibility index (Phi) is 3.69. The number of ether oxygens (including phenoxy) is 5. The lowest BCUT2D eigenvalue weighted by Gasteiger charge is -2.17. The average Bonchev–Trinajstić information content (AvgIpc) is 3.36. The summed E-state index contributed by atoms with van der Waals surface area (Å²) in [5.41, 5.74) is 2.04. The smallest absolute Gasteiger partial charge is 0.231 e. The van der Waals surface area contributed by atoms with Crippen LogP contribution < -0.4 is 14.2 Å². The number of hydrogen-bond donors (Lipinski definition) is 1. The number of rotatable bonds is 3. The maximum absolute atomic E-state index is 10.1. The quantitative estimate of drug-likeness (QED) is 0.911. The predicted octanol–water partition coefficient (Wildman–Crippen LogP) is 3.20. The van der Waals surface area contributed by atoms with Crippen LogP contribution in [-0.2, 0) is 9.47 Å². The fourth-order valence-electron chi connectivity index (χ4n) is 4.21. The minimum atomic E-state index is -0.0872. The predicted molar refractivity (Wildman–Crippen MR) is 91.6 cm³/mol. The van der Waals surface area contributed by atoms with Gasteiger partial charge in [0, 0.05) is 11.8 Å². The van der Waals surface area contributed by atoms with E-state index >= 15 is 0 Å². The molecule has 1 N–H and O–H groups in total. The van der Waals surface area contributed by atoms with Gasteiger partial charge in [-0.25, -0.2) is 0 Å². The van der Waals surface area contributed by atoms with Gasteiger partial charge in [0.2, 0.25) is 6.79 Å². The first-order valence-electron chi connectivity index (χ1n) is 8.74. The molecule has 0 spiro atoms. The van der Waals surface area contributed by atoms with E-state index in [0.717, 1.165) is 22.6 Å². The van der Waals surface area contributed by atoms with E-state index in [2.05, 4.69) is 0 Å². The molecule has 6 heteroatoms. The standard InChI is InChI=1S/C20H20O6/c1-22-16-4-2-11(6-15(16)21)19-13-8-24-20(14(13)9-23-19)12-3-5-17-18(7-12)26-10-25-17/h2-7,13-14,19-21H,8-10H2,1H3/t13-,14-,19-,20+/m1/s1. The zero-order valence-corrected chi connectivity index (χ0v) is 14.4. The molecule has 2 fully saturated rings. The molecule has 0 aromatic heterocycles. The highest BCUT2D eigenvalue weighted by atomic mass is 16.7. The summed E-state index contributed by atoms with van der Waals surface area (Å²) in [5.74, 6) is 2.65. The molecule has 2 saturated heterocycles. The summed E-state index contributed by atoms with van der Waals surface area (Å²) in [6.07, 6.45) is -0.109. The average molecular weight is 356 g/mol. The first-order chi connectivity index (χ1) is 12.7. The summed E-state index contributed by atoms with van der Waals surface area (Å²) in [4.78, 5) is 0. The third-order valence-electron chi connectivity index (χ3n) is 5.52. The molecule has 0 amide bonds. The van der Waals surface area contributed by atoms with Gasteiger partial charge in [-0.3, -0.25) is 0 Å². The van der Waals surface area contributed by atoms with Crippen LogP contribution in [0.2, 0.25) is 0 Å². The van der Waals surface area contributed by atoms with Crippen molar-refractivity contribution in [3.63, 3.8) is 0 Å². The Morgan fingerprint density at radius 3 is 2.23 bits per heavy atom. The highest BCUT2D eigenvalue weighted by Crippen LogP contribution is 2.51. The Labute approximate surface area is 151 Å². The number of aromatic hydroxyl groups is 1. The molecule has 3 aliphatic rings. The van der Waals surface area contributed by atoms with E-state index in [1.807, 2.05) is 24.3 Å². The molecule has 3 heterocycles. The maximum Gasteiger partial charge on any atom is 0.231 e. The van der Waals surface area contributed by atoms with Crippen molar-refractivity contribution in [1.29, 1.82) is 0 Å². The SMILES string of the molecule is COc1ccc([C@H]2OC[C@@H]3[C@H]2CO[C@H]3c2ccc3c(c2)OCO3)cc1O. The molecular weight excluding hydrogens is 336 g/mol. The molecular formula is C20H20O6. The van der Waals surface area contributed by atoms with Gasteiger partial charge in [-0.05, 0) is 35.4 Å². The number of phenols is 1. The number of benzene rings is 2. The van der Waals surface area contributed by atoms with Crippen molar-refractivity contribution < 1.29 is 28.8 Å². The normalized spacial score (nSPS) is 29.0. The van der Waals surface area contributed by atoms with Gasteiger partial charge in [0.05, 0.1) is 32.5 Å². The van der Waals surface area contributed by atoms with Crippen LogP contribution in [0.25, 0.3) is 0 Å². The van der Waals surface area contributed by atoms with Crippen molar-refractivity contribution in [2.24, 2.45) is 11.8 Å². The molecule has 4 atom stereocenters. The monoisotopic (exact) mass is 356 g/mol. The van der Waals surface area contributed by atoms with Crippen LogP contribution in [0, 0.1) is 11.8 Å². The summed E-state index contributed by atoms with van der Waals surface area (Å²) in [5, 5.41) is 10.1. The van der Waals surface area contributed by atoms with E-state index in [-0.39, 0.29) is 36.6 Å². The minimum absolute atomic E-state index is 0.0219. The largest absolute Gasteiger partial charge is 0.504 e. The van der Waals surface area contributed by atoms with Gasteiger partial charge >= 0.3 is 0 Å². The van der Waals surface area contributed by atoms with E-state index in [9.17, 15) is 5.11 Å². The molecule has 2 aromatic carbocycles. The Morgan fingerprint density at radius 2 is 1.54 bits per heavy atom. The maximum atomic E-state index is 10.1. The van der Waals surface area contributed by atoms with Crippen LogP contribution in [0.4, 0.5) is 0 Å². The molecule has 0 bridgehead atoms. The molecule has 0 unspecified atom stereocenters. The second kappa shape index (κ2) is 6.07. The van der Waals surface area contributed by atoms with Gasteiger partial charge in [-0.2, -0.15) is 0 Å². The topological polar surface area (TPSA) is 66.4 Å². The lowest BCUT2D eigenvalue weighted by molar-refractivity contribution is 0.0191. The lowest BCUT2D eigenvalue weighted by atomic mass is 9.85. The van der Waals surface area contributed by atoms with Crippen LogP contribution in [0.15, 0.2) is 36.4 Å². The van der Waals surface area contributed by atoms with Crippen molar-refractivity contribution in [1.82, 2.24) is 0 Å². The summed E-state index contributed by atoms with van der Waals surface area (Å²) in [6.45, 7) is 1.52. The van der Waals surface area contributed by atoms with E-state index in [1.54, 1.807) is 12.1 Å². The minimum Gasteiger partial charge on any atom is -0.504 e. The molecule has 6 nitrogen and oxygen atoms in total. The van der Waals surface area contributed by atoms with Crippen molar-refractivity contribution in [3.8, 4) is 23.0 Å². The zero-order valence-electron chi connectivity index (χ0n) is 14.4. The van der Waals surface area contributed by atoms with Gasteiger partial charge < -0.3 is 28.8 Å². The van der Waals surface area contributed by atoms with Crippen molar-refractivity contribution in [2.45, 2.75) is 12.2 Å². The van der Waals surface area contributed by atoms with Crippen LogP contribution >= 0.6 is 0 Å². The molecule has 26 heavy (non-hydrogen) atoms. The third kappa shape index (κ3) is 2.40. The molecule has 2 aromatic rings.